The van der Waals surface area contributed by atoms with Crippen LogP contribution in [0.4, 0.5) is 0 Å². The number of benzene rings is 3. The Morgan fingerprint density at radius 2 is 1.67 bits per heavy atom. The van der Waals surface area contributed by atoms with Crippen molar-refractivity contribution in [2.75, 3.05) is 0 Å². The van der Waals surface area contributed by atoms with Gasteiger partial charge in [0.05, 0.1) is 17.9 Å². The van der Waals surface area contributed by atoms with Crippen LogP contribution in [0, 0.1) is 17.2 Å². The van der Waals surface area contributed by atoms with E-state index in [1.54, 1.807) is 24.3 Å². The molecular weight excluding hydrogens is 398 g/mol. The standard InChI is InChI=1S/C25H22ClNO3/c1-17(24(25(28)29)18-10-12-21(26)13-11-18)14-20(16-27)19-6-5-9-23(15-19)30-22-7-3-2-4-8-22/h2-13,15,17,20,24H,14H2,1H3,(H,28,29)/t17?,20-,24?/m1/s1. The van der Waals surface area contributed by atoms with Gasteiger partial charge in [0.1, 0.15) is 11.5 Å². The Morgan fingerprint density at radius 1 is 1.00 bits per heavy atom. The number of aliphatic carboxylic acids is 1. The Labute approximate surface area is 181 Å². The van der Waals surface area contributed by atoms with Gasteiger partial charge in [-0.3, -0.25) is 4.79 Å². The Bertz CT molecular complexity index is 1030. The summed E-state index contributed by atoms with van der Waals surface area (Å²) in [7, 11) is 0. The molecule has 2 unspecified atom stereocenters. The van der Waals surface area contributed by atoms with Gasteiger partial charge in [0, 0.05) is 5.02 Å². The minimum atomic E-state index is -0.914. The largest absolute Gasteiger partial charge is 0.481 e. The van der Waals surface area contributed by atoms with Crippen molar-refractivity contribution in [3.63, 3.8) is 0 Å². The number of ether oxygens (including phenoxy) is 1. The second kappa shape index (κ2) is 9.96. The molecule has 0 saturated heterocycles. The summed E-state index contributed by atoms with van der Waals surface area (Å²) in [5.74, 6) is -0.991. The highest BCUT2D eigenvalue weighted by Crippen LogP contribution is 2.35. The fraction of sp³-hybridized carbons (Fsp3) is 0.200. The number of para-hydroxylation sites is 1. The topological polar surface area (TPSA) is 70.3 Å². The summed E-state index contributed by atoms with van der Waals surface area (Å²) < 4.78 is 5.87. The van der Waals surface area contributed by atoms with Gasteiger partial charge in [-0.05, 0) is 59.9 Å². The average Bonchev–Trinajstić information content (AvgIpc) is 2.74. The number of halogens is 1. The quantitative estimate of drug-likeness (QED) is 0.444. The second-order valence-corrected chi connectivity index (χ2v) is 7.69. The Kier molecular flexibility index (Phi) is 7.11. The third kappa shape index (κ3) is 5.40. The highest BCUT2D eigenvalue weighted by Gasteiger charge is 2.29. The van der Waals surface area contributed by atoms with E-state index in [0.29, 0.717) is 28.5 Å². The molecule has 4 nitrogen and oxygen atoms in total. The summed E-state index contributed by atoms with van der Waals surface area (Å²) in [6, 6.07) is 26.0. The van der Waals surface area contributed by atoms with Crippen molar-refractivity contribution < 1.29 is 14.6 Å². The van der Waals surface area contributed by atoms with Crippen molar-refractivity contribution >= 4 is 17.6 Å². The van der Waals surface area contributed by atoms with Crippen LogP contribution < -0.4 is 4.74 Å². The second-order valence-electron chi connectivity index (χ2n) is 7.25. The molecule has 0 heterocycles. The van der Waals surface area contributed by atoms with E-state index < -0.39 is 17.8 Å². The van der Waals surface area contributed by atoms with Gasteiger partial charge in [0.25, 0.3) is 0 Å². The van der Waals surface area contributed by atoms with Crippen molar-refractivity contribution in [1.82, 2.24) is 0 Å². The zero-order valence-electron chi connectivity index (χ0n) is 16.5. The van der Waals surface area contributed by atoms with Crippen LogP contribution in [0.15, 0.2) is 78.9 Å². The number of carboxylic acid groups (broad SMARTS) is 1. The van der Waals surface area contributed by atoms with E-state index in [4.69, 9.17) is 16.3 Å². The number of carbonyl (C=O) groups is 1. The molecule has 5 heteroatoms. The van der Waals surface area contributed by atoms with Gasteiger partial charge in [-0.2, -0.15) is 5.26 Å². The molecule has 3 rings (SSSR count). The molecule has 0 fully saturated rings. The molecule has 1 N–H and O–H groups in total. The normalized spacial score (nSPS) is 13.6. The molecule has 0 spiro atoms. The zero-order chi connectivity index (χ0) is 21.5. The molecule has 3 atom stereocenters. The molecule has 0 aliphatic heterocycles. The van der Waals surface area contributed by atoms with E-state index >= 15 is 0 Å². The molecule has 0 bridgehead atoms. The lowest BCUT2D eigenvalue weighted by molar-refractivity contribution is -0.140. The predicted molar refractivity (Wildman–Crippen MR) is 117 cm³/mol. The summed E-state index contributed by atoms with van der Waals surface area (Å²) in [6.45, 7) is 1.86. The number of hydrogen-bond donors (Lipinski definition) is 1. The Morgan fingerprint density at radius 3 is 2.30 bits per heavy atom. The van der Waals surface area contributed by atoms with Gasteiger partial charge in [0.2, 0.25) is 0 Å². The summed E-state index contributed by atoms with van der Waals surface area (Å²) in [4.78, 5) is 12.0. The van der Waals surface area contributed by atoms with Gasteiger partial charge < -0.3 is 9.84 Å². The van der Waals surface area contributed by atoms with Crippen LogP contribution >= 0.6 is 11.6 Å². The number of nitrogens with zero attached hydrogens (tertiary/aromatic N) is 1. The van der Waals surface area contributed by atoms with Crippen LogP contribution in [-0.2, 0) is 4.79 Å². The number of nitriles is 1. The van der Waals surface area contributed by atoms with Gasteiger partial charge in [0.15, 0.2) is 0 Å². The SMILES string of the molecule is CC(C[C@H](C#N)c1cccc(Oc2ccccc2)c1)C(C(=O)O)c1ccc(Cl)cc1. The van der Waals surface area contributed by atoms with Crippen LogP contribution in [0.5, 0.6) is 11.5 Å². The molecule has 0 saturated carbocycles. The van der Waals surface area contributed by atoms with Crippen LogP contribution in [0.1, 0.15) is 36.3 Å². The summed E-state index contributed by atoms with van der Waals surface area (Å²) in [5.41, 5.74) is 1.48. The van der Waals surface area contributed by atoms with E-state index in [2.05, 4.69) is 6.07 Å². The molecule has 152 valence electrons. The Hall–Kier alpha value is -3.29. The summed E-state index contributed by atoms with van der Waals surface area (Å²) >= 11 is 5.93. The van der Waals surface area contributed by atoms with Crippen LogP contribution in [0.25, 0.3) is 0 Å². The molecule has 0 aliphatic carbocycles. The number of carboxylic acids is 1. The smallest absolute Gasteiger partial charge is 0.311 e. The molecule has 30 heavy (non-hydrogen) atoms. The van der Waals surface area contributed by atoms with Crippen molar-refractivity contribution in [1.29, 1.82) is 5.26 Å². The fourth-order valence-electron chi connectivity index (χ4n) is 3.58. The van der Waals surface area contributed by atoms with E-state index in [0.717, 1.165) is 5.56 Å². The van der Waals surface area contributed by atoms with Gasteiger partial charge in [-0.25, -0.2) is 0 Å². The first kappa shape index (κ1) is 21.4. The molecule has 0 amide bonds. The highest BCUT2D eigenvalue weighted by molar-refractivity contribution is 6.30. The molecule has 0 aromatic heterocycles. The lowest BCUT2D eigenvalue weighted by atomic mass is 9.80. The van der Waals surface area contributed by atoms with Crippen molar-refractivity contribution in [3.05, 3.63) is 95.0 Å². The maximum absolute atomic E-state index is 12.0. The molecule has 0 radical (unpaired) electrons. The first-order valence-electron chi connectivity index (χ1n) is 9.68. The molecule has 3 aromatic rings. The van der Waals surface area contributed by atoms with Gasteiger partial charge in [-0.15, -0.1) is 0 Å². The van der Waals surface area contributed by atoms with E-state index in [1.165, 1.54) is 0 Å². The van der Waals surface area contributed by atoms with Gasteiger partial charge in [-0.1, -0.05) is 61.0 Å². The third-order valence-electron chi connectivity index (χ3n) is 5.07. The highest BCUT2D eigenvalue weighted by atomic mass is 35.5. The summed E-state index contributed by atoms with van der Waals surface area (Å²) in [5, 5.41) is 20.1. The zero-order valence-corrected chi connectivity index (χ0v) is 17.3. The summed E-state index contributed by atoms with van der Waals surface area (Å²) in [6.07, 6.45) is 0.408. The maximum atomic E-state index is 12.0. The fourth-order valence-corrected chi connectivity index (χ4v) is 3.70. The first-order valence-corrected chi connectivity index (χ1v) is 10.1. The van der Waals surface area contributed by atoms with E-state index in [9.17, 15) is 15.2 Å². The number of rotatable bonds is 8. The number of hydrogen-bond acceptors (Lipinski definition) is 3. The maximum Gasteiger partial charge on any atom is 0.311 e. The van der Waals surface area contributed by atoms with Crippen molar-refractivity contribution in [2.24, 2.45) is 5.92 Å². The van der Waals surface area contributed by atoms with Crippen molar-refractivity contribution in [2.45, 2.75) is 25.2 Å². The van der Waals surface area contributed by atoms with E-state index in [-0.39, 0.29) is 5.92 Å². The lowest BCUT2D eigenvalue weighted by Crippen LogP contribution is -2.21. The molecule has 3 aromatic carbocycles. The monoisotopic (exact) mass is 419 g/mol. The molecular formula is C25H22ClNO3. The van der Waals surface area contributed by atoms with Crippen LogP contribution in [-0.4, -0.2) is 11.1 Å². The Balaban J connectivity index is 1.78. The van der Waals surface area contributed by atoms with Crippen LogP contribution in [0.2, 0.25) is 5.02 Å². The minimum absolute atomic E-state index is 0.257. The van der Waals surface area contributed by atoms with Crippen LogP contribution in [0.3, 0.4) is 0 Å². The predicted octanol–water partition coefficient (Wildman–Crippen LogP) is 6.63. The van der Waals surface area contributed by atoms with Gasteiger partial charge >= 0.3 is 5.97 Å². The van der Waals surface area contributed by atoms with Crippen molar-refractivity contribution in [3.8, 4) is 17.6 Å². The molecule has 0 aliphatic rings. The average molecular weight is 420 g/mol. The third-order valence-corrected chi connectivity index (χ3v) is 5.32. The lowest BCUT2D eigenvalue weighted by Gasteiger charge is -2.23. The van der Waals surface area contributed by atoms with E-state index in [1.807, 2.05) is 61.5 Å². The minimum Gasteiger partial charge on any atom is -0.481 e. The first-order chi connectivity index (χ1) is 14.5.